The van der Waals surface area contributed by atoms with Crippen molar-refractivity contribution in [1.29, 1.82) is 0 Å². The number of hydrogen-bond donors (Lipinski definition) is 1. The zero-order chi connectivity index (χ0) is 16.0. The number of rotatable bonds is 6. The molecule has 0 radical (unpaired) electrons. The van der Waals surface area contributed by atoms with Crippen LogP contribution in [0.1, 0.15) is 6.92 Å². The summed E-state index contributed by atoms with van der Waals surface area (Å²) in [6.45, 7) is 1.53. The summed E-state index contributed by atoms with van der Waals surface area (Å²) in [6, 6.07) is 6.19. The number of carbonyl (C=O) groups excluding carboxylic acids is 1. The van der Waals surface area contributed by atoms with Gasteiger partial charge in [0.15, 0.2) is 0 Å². The molecule has 0 saturated heterocycles. The molecule has 1 N–H and O–H groups in total. The molecular weight excluding hydrogens is 312 g/mol. The Bertz CT molecular complexity index is 495. The van der Waals surface area contributed by atoms with Crippen molar-refractivity contribution in [3.8, 4) is 0 Å². The van der Waals surface area contributed by atoms with E-state index in [1.54, 1.807) is 48.0 Å². The van der Waals surface area contributed by atoms with E-state index >= 15 is 0 Å². The first-order valence-electron chi connectivity index (χ1n) is 6.37. The molecule has 0 aliphatic carbocycles. The number of benzene rings is 1. The monoisotopic (exact) mass is 330 g/mol. The number of amides is 2. The third-order valence-corrected chi connectivity index (χ3v) is 4.10. The Kier molecular flexibility index (Phi) is 6.84. The van der Waals surface area contributed by atoms with E-state index in [9.17, 15) is 9.59 Å². The predicted molar refractivity (Wildman–Crippen MR) is 87.4 cm³/mol. The molecule has 21 heavy (non-hydrogen) atoms. The Labute approximate surface area is 133 Å². The fourth-order valence-corrected chi connectivity index (χ4v) is 2.59. The summed E-state index contributed by atoms with van der Waals surface area (Å²) in [5.41, 5.74) is 0.509. The van der Waals surface area contributed by atoms with E-state index in [0.717, 1.165) is 5.75 Å². The smallest absolute Gasteiger partial charge is 0.325 e. The number of anilines is 1. The zero-order valence-corrected chi connectivity index (χ0v) is 13.8. The van der Waals surface area contributed by atoms with Crippen LogP contribution in [0, 0.1) is 0 Å². The molecule has 0 aromatic heterocycles. The van der Waals surface area contributed by atoms with E-state index in [0.29, 0.717) is 10.7 Å². The van der Waals surface area contributed by atoms with Gasteiger partial charge in [-0.15, -0.1) is 0 Å². The first-order chi connectivity index (χ1) is 9.86. The van der Waals surface area contributed by atoms with Gasteiger partial charge >= 0.3 is 12.0 Å². The van der Waals surface area contributed by atoms with Crippen LogP contribution < -0.4 is 4.90 Å². The highest BCUT2D eigenvalue weighted by atomic mass is 35.5. The second kappa shape index (κ2) is 8.14. The molecule has 0 heterocycles. The van der Waals surface area contributed by atoms with Gasteiger partial charge in [0.25, 0.3) is 0 Å². The maximum absolute atomic E-state index is 12.5. The zero-order valence-electron chi connectivity index (χ0n) is 12.2. The van der Waals surface area contributed by atoms with Crippen LogP contribution in [0.15, 0.2) is 24.3 Å². The molecule has 5 nitrogen and oxygen atoms in total. The first-order valence-corrected chi connectivity index (χ1v) is 8.14. The van der Waals surface area contributed by atoms with E-state index in [-0.39, 0.29) is 12.1 Å². The normalized spacial score (nSPS) is 11.8. The van der Waals surface area contributed by atoms with Crippen molar-refractivity contribution in [2.45, 2.75) is 13.0 Å². The standard InChI is InChI=1S/C14H19ClN2O3S/c1-10(9-21-3)16(2)14(20)17(8-13(18)19)12-6-4-11(15)5-7-12/h4-7,10H,8-9H2,1-3H3,(H,18,19). The van der Waals surface area contributed by atoms with Gasteiger partial charge in [0.2, 0.25) is 0 Å². The van der Waals surface area contributed by atoms with Crippen molar-refractivity contribution in [2.24, 2.45) is 0 Å². The van der Waals surface area contributed by atoms with E-state index < -0.39 is 12.5 Å². The third kappa shape index (κ3) is 5.13. The van der Waals surface area contributed by atoms with Crippen LogP contribution in [0.25, 0.3) is 0 Å². The Morgan fingerprint density at radius 1 is 1.33 bits per heavy atom. The summed E-state index contributed by atoms with van der Waals surface area (Å²) < 4.78 is 0. The first kappa shape index (κ1) is 17.7. The molecular formula is C14H19ClN2O3S. The molecule has 0 saturated carbocycles. The number of hydrogen-bond acceptors (Lipinski definition) is 3. The molecule has 7 heteroatoms. The van der Waals surface area contributed by atoms with Gasteiger partial charge in [0.1, 0.15) is 6.54 Å². The van der Waals surface area contributed by atoms with Crippen molar-refractivity contribution in [1.82, 2.24) is 4.90 Å². The van der Waals surface area contributed by atoms with Crippen molar-refractivity contribution >= 4 is 41.1 Å². The van der Waals surface area contributed by atoms with Gasteiger partial charge in [0, 0.05) is 29.6 Å². The van der Waals surface area contributed by atoms with Crippen LogP contribution in [0.4, 0.5) is 10.5 Å². The van der Waals surface area contributed by atoms with Crippen molar-refractivity contribution in [3.05, 3.63) is 29.3 Å². The number of carboxylic acids is 1. The van der Waals surface area contributed by atoms with E-state index in [1.807, 2.05) is 13.2 Å². The highest BCUT2D eigenvalue weighted by Gasteiger charge is 2.24. The highest BCUT2D eigenvalue weighted by Crippen LogP contribution is 2.20. The molecule has 2 amide bonds. The lowest BCUT2D eigenvalue weighted by Crippen LogP contribution is -2.47. The summed E-state index contributed by atoms with van der Waals surface area (Å²) in [5.74, 6) is -0.284. The van der Waals surface area contributed by atoms with Gasteiger partial charge in [-0.25, -0.2) is 4.79 Å². The maximum Gasteiger partial charge on any atom is 0.325 e. The summed E-state index contributed by atoms with van der Waals surface area (Å²) in [6.07, 6.45) is 1.96. The van der Waals surface area contributed by atoms with E-state index in [4.69, 9.17) is 16.7 Å². The number of carboxylic acid groups (broad SMARTS) is 1. The van der Waals surface area contributed by atoms with Crippen molar-refractivity contribution in [3.63, 3.8) is 0 Å². The van der Waals surface area contributed by atoms with Gasteiger partial charge < -0.3 is 10.0 Å². The summed E-state index contributed by atoms with van der Waals surface area (Å²) >= 11 is 7.46. The molecule has 0 aliphatic rings. The minimum atomic E-state index is -1.07. The molecule has 0 aliphatic heterocycles. The van der Waals surface area contributed by atoms with E-state index in [2.05, 4.69) is 0 Å². The van der Waals surface area contributed by atoms with Crippen LogP contribution in [0.5, 0.6) is 0 Å². The quantitative estimate of drug-likeness (QED) is 0.871. The molecule has 1 aromatic carbocycles. The van der Waals surface area contributed by atoms with Crippen LogP contribution in [0.2, 0.25) is 5.02 Å². The van der Waals surface area contributed by atoms with Crippen LogP contribution >= 0.6 is 23.4 Å². The molecule has 116 valence electrons. The second-order valence-corrected chi connectivity index (χ2v) is 6.00. The van der Waals surface area contributed by atoms with Crippen molar-refractivity contribution < 1.29 is 14.7 Å². The van der Waals surface area contributed by atoms with Crippen LogP contribution in [0.3, 0.4) is 0 Å². The largest absolute Gasteiger partial charge is 0.480 e. The second-order valence-electron chi connectivity index (χ2n) is 4.65. The molecule has 0 fully saturated rings. The average Bonchev–Trinajstić information content (AvgIpc) is 2.44. The summed E-state index contributed by atoms with van der Waals surface area (Å²) in [5, 5.41) is 9.56. The Hall–Kier alpha value is -1.40. The van der Waals surface area contributed by atoms with Gasteiger partial charge in [-0.3, -0.25) is 9.69 Å². The van der Waals surface area contributed by atoms with Crippen molar-refractivity contribution in [2.75, 3.05) is 30.5 Å². The maximum atomic E-state index is 12.5. The Morgan fingerprint density at radius 3 is 2.38 bits per heavy atom. The Balaban J connectivity index is 2.99. The van der Waals surface area contributed by atoms with Gasteiger partial charge in [-0.05, 0) is 37.4 Å². The lowest BCUT2D eigenvalue weighted by Gasteiger charge is -2.31. The SMILES string of the molecule is CSCC(C)N(C)C(=O)N(CC(=O)O)c1ccc(Cl)cc1. The number of carbonyl (C=O) groups is 2. The lowest BCUT2D eigenvalue weighted by molar-refractivity contribution is -0.135. The van der Waals surface area contributed by atoms with Gasteiger partial charge in [0.05, 0.1) is 0 Å². The fourth-order valence-electron chi connectivity index (χ4n) is 1.76. The number of thioether (sulfide) groups is 1. The summed E-state index contributed by atoms with van der Waals surface area (Å²) in [7, 11) is 1.67. The predicted octanol–water partition coefficient (Wildman–Crippen LogP) is 3.03. The number of urea groups is 1. The topological polar surface area (TPSA) is 60.9 Å². The van der Waals surface area contributed by atoms with Crippen LogP contribution in [-0.4, -0.2) is 53.6 Å². The summed E-state index contributed by atoms with van der Waals surface area (Å²) in [4.78, 5) is 26.3. The Morgan fingerprint density at radius 2 is 1.90 bits per heavy atom. The third-order valence-electron chi connectivity index (χ3n) is 3.03. The van der Waals surface area contributed by atoms with Crippen LogP contribution in [-0.2, 0) is 4.79 Å². The molecule has 1 atom stereocenters. The highest BCUT2D eigenvalue weighted by molar-refractivity contribution is 7.98. The number of aliphatic carboxylic acids is 1. The lowest BCUT2D eigenvalue weighted by atomic mass is 10.3. The molecule has 0 spiro atoms. The molecule has 1 rings (SSSR count). The minimum absolute atomic E-state index is 0.0103. The minimum Gasteiger partial charge on any atom is -0.480 e. The molecule has 0 bridgehead atoms. The number of nitrogens with zero attached hydrogens (tertiary/aromatic N) is 2. The molecule has 1 aromatic rings. The van der Waals surface area contributed by atoms with Gasteiger partial charge in [-0.2, -0.15) is 11.8 Å². The number of halogens is 1. The van der Waals surface area contributed by atoms with E-state index in [1.165, 1.54) is 4.90 Å². The molecule has 1 unspecified atom stereocenters. The fraction of sp³-hybridized carbons (Fsp3) is 0.429. The average molecular weight is 331 g/mol. The van der Waals surface area contributed by atoms with Gasteiger partial charge in [-0.1, -0.05) is 11.6 Å².